The topological polar surface area (TPSA) is 40.0 Å². The first-order valence-electron chi connectivity index (χ1n) is 9.00. The third kappa shape index (κ3) is 5.51. The average molecular weight is 396 g/mol. The molecular formula is C23H22ClNO3. The van der Waals surface area contributed by atoms with Crippen LogP contribution in [0.25, 0.3) is 0 Å². The first-order chi connectivity index (χ1) is 13.7. The van der Waals surface area contributed by atoms with Crippen molar-refractivity contribution in [2.24, 2.45) is 4.99 Å². The van der Waals surface area contributed by atoms with E-state index >= 15 is 0 Å². The molecule has 0 unspecified atom stereocenters. The second kappa shape index (κ2) is 9.81. The van der Waals surface area contributed by atoms with E-state index in [1.807, 2.05) is 73.7 Å². The summed E-state index contributed by atoms with van der Waals surface area (Å²) < 4.78 is 16.8. The fourth-order valence-electron chi connectivity index (χ4n) is 2.62. The molecule has 0 aliphatic carbocycles. The van der Waals surface area contributed by atoms with Crippen LogP contribution in [0.3, 0.4) is 0 Å². The van der Waals surface area contributed by atoms with E-state index in [1.165, 1.54) is 0 Å². The standard InChI is InChI=1S/C23H22ClNO3/c1-3-27-21-10-8-20(9-11-21)25-15-17-7-12-22(23(14-17)26-2)28-16-18-5-4-6-19(24)13-18/h4-15H,3,16H2,1-2H3. The average Bonchev–Trinajstić information content (AvgIpc) is 2.72. The van der Waals surface area contributed by atoms with E-state index in [0.29, 0.717) is 29.7 Å². The second-order valence-electron chi connectivity index (χ2n) is 6.01. The van der Waals surface area contributed by atoms with Crippen LogP contribution in [0.2, 0.25) is 5.02 Å². The molecule has 0 aromatic heterocycles. The van der Waals surface area contributed by atoms with E-state index in [9.17, 15) is 0 Å². The number of methoxy groups -OCH3 is 1. The molecule has 28 heavy (non-hydrogen) atoms. The Balaban J connectivity index is 1.68. The van der Waals surface area contributed by atoms with Crippen molar-refractivity contribution in [3.8, 4) is 17.2 Å². The van der Waals surface area contributed by atoms with Crippen LogP contribution in [0.5, 0.6) is 17.2 Å². The van der Waals surface area contributed by atoms with Crippen molar-refractivity contribution in [2.45, 2.75) is 13.5 Å². The van der Waals surface area contributed by atoms with Crippen LogP contribution in [-0.4, -0.2) is 19.9 Å². The Hall–Kier alpha value is -2.98. The molecule has 3 rings (SSSR count). The van der Waals surface area contributed by atoms with E-state index in [1.54, 1.807) is 13.3 Å². The second-order valence-corrected chi connectivity index (χ2v) is 6.45. The molecule has 5 heteroatoms. The first kappa shape index (κ1) is 19.8. The molecule has 0 aliphatic heterocycles. The maximum absolute atomic E-state index is 6.01. The van der Waals surface area contributed by atoms with Crippen LogP contribution in [0.15, 0.2) is 71.7 Å². The van der Waals surface area contributed by atoms with Gasteiger partial charge in [0.1, 0.15) is 12.4 Å². The third-order valence-electron chi connectivity index (χ3n) is 3.98. The monoisotopic (exact) mass is 395 g/mol. The molecule has 0 fully saturated rings. The minimum atomic E-state index is 0.413. The van der Waals surface area contributed by atoms with Gasteiger partial charge in [0.15, 0.2) is 11.5 Å². The molecule has 0 saturated carbocycles. The molecule has 0 radical (unpaired) electrons. The molecule has 0 saturated heterocycles. The van der Waals surface area contributed by atoms with Gasteiger partial charge in [-0.2, -0.15) is 0 Å². The Kier molecular flexibility index (Phi) is 6.93. The summed E-state index contributed by atoms with van der Waals surface area (Å²) in [7, 11) is 1.62. The molecule has 0 aliphatic rings. The molecule has 144 valence electrons. The van der Waals surface area contributed by atoms with Crippen LogP contribution in [0.4, 0.5) is 5.69 Å². The Morgan fingerprint density at radius 3 is 2.46 bits per heavy atom. The normalized spacial score (nSPS) is 10.8. The molecule has 0 atom stereocenters. The van der Waals surface area contributed by atoms with Gasteiger partial charge < -0.3 is 14.2 Å². The summed E-state index contributed by atoms with van der Waals surface area (Å²) in [6.07, 6.45) is 1.79. The minimum absolute atomic E-state index is 0.413. The van der Waals surface area contributed by atoms with Crippen LogP contribution < -0.4 is 14.2 Å². The zero-order valence-corrected chi connectivity index (χ0v) is 16.6. The van der Waals surface area contributed by atoms with Crippen molar-refractivity contribution in [3.05, 3.63) is 82.9 Å². The van der Waals surface area contributed by atoms with Gasteiger partial charge >= 0.3 is 0 Å². The van der Waals surface area contributed by atoms with Gasteiger partial charge in [-0.3, -0.25) is 4.99 Å². The maximum Gasteiger partial charge on any atom is 0.161 e. The van der Waals surface area contributed by atoms with Crippen LogP contribution >= 0.6 is 11.6 Å². The highest BCUT2D eigenvalue weighted by Gasteiger charge is 2.06. The zero-order chi connectivity index (χ0) is 19.8. The van der Waals surface area contributed by atoms with Crippen LogP contribution in [-0.2, 0) is 6.61 Å². The van der Waals surface area contributed by atoms with E-state index in [2.05, 4.69) is 4.99 Å². The van der Waals surface area contributed by atoms with Crippen molar-refractivity contribution in [3.63, 3.8) is 0 Å². The molecule has 0 heterocycles. The first-order valence-corrected chi connectivity index (χ1v) is 9.38. The van der Waals surface area contributed by atoms with E-state index < -0.39 is 0 Å². The Labute approximate surface area is 170 Å². The van der Waals surface area contributed by atoms with Crippen molar-refractivity contribution in [2.75, 3.05) is 13.7 Å². The number of ether oxygens (including phenoxy) is 3. The van der Waals surface area contributed by atoms with Gasteiger partial charge in [-0.15, -0.1) is 0 Å². The number of halogens is 1. The fourth-order valence-corrected chi connectivity index (χ4v) is 2.83. The van der Waals surface area contributed by atoms with Crippen LogP contribution in [0, 0.1) is 0 Å². The van der Waals surface area contributed by atoms with E-state index in [-0.39, 0.29) is 0 Å². The molecule has 0 N–H and O–H groups in total. The third-order valence-corrected chi connectivity index (χ3v) is 4.22. The van der Waals surface area contributed by atoms with Crippen molar-refractivity contribution in [1.82, 2.24) is 0 Å². The van der Waals surface area contributed by atoms with Gasteiger partial charge in [0.25, 0.3) is 0 Å². The molecule has 4 nitrogen and oxygen atoms in total. The summed E-state index contributed by atoms with van der Waals surface area (Å²) in [4.78, 5) is 4.49. The highest BCUT2D eigenvalue weighted by molar-refractivity contribution is 6.30. The molecule has 0 spiro atoms. The number of nitrogens with zero attached hydrogens (tertiary/aromatic N) is 1. The highest BCUT2D eigenvalue weighted by atomic mass is 35.5. The molecule has 0 amide bonds. The van der Waals surface area contributed by atoms with Gasteiger partial charge in [-0.1, -0.05) is 23.7 Å². The summed E-state index contributed by atoms with van der Waals surface area (Å²) in [5.74, 6) is 2.16. The smallest absolute Gasteiger partial charge is 0.161 e. The van der Waals surface area contributed by atoms with Crippen LogP contribution in [0.1, 0.15) is 18.1 Å². The Morgan fingerprint density at radius 2 is 1.75 bits per heavy atom. The van der Waals surface area contributed by atoms with E-state index in [4.69, 9.17) is 25.8 Å². The van der Waals surface area contributed by atoms with Gasteiger partial charge in [0, 0.05) is 11.2 Å². The zero-order valence-electron chi connectivity index (χ0n) is 15.9. The van der Waals surface area contributed by atoms with Crippen molar-refractivity contribution >= 4 is 23.5 Å². The molecule has 3 aromatic rings. The van der Waals surface area contributed by atoms with Gasteiger partial charge in [-0.25, -0.2) is 0 Å². The number of hydrogen-bond donors (Lipinski definition) is 0. The quantitative estimate of drug-likeness (QED) is 0.434. The SMILES string of the molecule is CCOc1ccc(N=Cc2ccc(OCc3cccc(Cl)c3)c(OC)c2)cc1. The number of hydrogen-bond acceptors (Lipinski definition) is 4. The predicted octanol–water partition coefficient (Wildman–Crippen LogP) is 6.08. The minimum Gasteiger partial charge on any atom is -0.494 e. The predicted molar refractivity (Wildman–Crippen MR) is 114 cm³/mol. The fraction of sp³-hybridized carbons (Fsp3) is 0.174. The van der Waals surface area contributed by atoms with Crippen molar-refractivity contribution in [1.29, 1.82) is 0 Å². The highest BCUT2D eigenvalue weighted by Crippen LogP contribution is 2.29. The van der Waals surface area contributed by atoms with Gasteiger partial charge in [-0.05, 0) is 72.6 Å². The molecular weight excluding hydrogens is 374 g/mol. The summed E-state index contributed by atoms with van der Waals surface area (Å²) in [6.45, 7) is 3.02. The summed E-state index contributed by atoms with van der Waals surface area (Å²) in [5, 5.41) is 0.689. The lowest BCUT2D eigenvalue weighted by Gasteiger charge is -2.11. The van der Waals surface area contributed by atoms with Gasteiger partial charge in [0.2, 0.25) is 0 Å². The Morgan fingerprint density at radius 1 is 0.929 bits per heavy atom. The summed E-state index contributed by atoms with van der Waals surface area (Å²) >= 11 is 6.01. The lowest BCUT2D eigenvalue weighted by atomic mass is 10.2. The van der Waals surface area contributed by atoms with Crippen molar-refractivity contribution < 1.29 is 14.2 Å². The number of rotatable bonds is 8. The number of aliphatic imine (C=N–C) groups is 1. The van der Waals surface area contributed by atoms with E-state index in [0.717, 1.165) is 22.6 Å². The summed E-state index contributed by atoms with van der Waals surface area (Å²) in [5.41, 5.74) is 2.76. The molecule has 0 bridgehead atoms. The van der Waals surface area contributed by atoms with Gasteiger partial charge in [0.05, 0.1) is 19.4 Å². The maximum atomic E-state index is 6.01. The lowest BCUT2D eigenvalue weighted by molar-refractivity contribution is 0.284. The summed E-state index contributed by atoms with van der Waals surface area (Å²) in [6, 6.07) is 20.9. The number of benzene rings is 3. The lowest BCUT2D eigenvalue weighted by Crippen LogP contribution is -1.98. The molecule has 3 aromatic carbocycles. The largest absolute Gasteiger partial charge is 0.494 e. The Bertz CT molecular complexity index is 939.